The monoisotopic (exact) mass is 926 g/mol. The highest BCUT2D eigenvalue weighted by molar-refractivity contribution is 6.19. The fraction of sp³-hybridized carbons (Fsp3) is 0.0145. The van der Waals surface area contributed by atoms with Gasteiger partial charge in [0, 0.05) is 21.9 Å². The topological polar surface area (TPSA) is 35.6 Å². The third-order valence-electron chi connectivity index (χ3n) is 15.9. The molecule has 0 unspecified atom stereocenters. The molecule has 0 bridgehead atoms. The van der Waals surface area contributed by atoms with E-state index in [0.717, 1.165) is 67.0 Å². The highest BCUT2D eigenvalue weighted by atomic mass is 15.1. The summed E-state index contributed by atoms with van der Waals surface area (Å²) in [6.07, 6.45) is 0. The first kappa shape index (κ1) is 40.1. The Morgan fingerprint density at radius 2 is 0.753 bits per heavy atom. The van der Waals surface area contributed by atoms with E-state index in [1.807, 2.05) is 0 Å². The lowest BCUT2D eigenvalue weighted by atomic mass is 9.68. The number of rotatable bonds is 5. The van der Waals surface area contributed by atoms with Crippen molar-refractivity contribution < 1.29 is 0 Å². The summed E-state index contributed by atoms with van der Waals surface area (Å²) < 4.78 is 4.77. The zero-order chi connectivity index (χ0) is 47.8. The summed E-state index contributed by atoms with van der Waals surface area (Å²) in [6, 6.07) is 93.7. The average molecular weight is 927 g/mol. The smallest absolute Gasteiger partial charge is 0.145 e. The van der Waals surface area contributed by atoms with Crippen LogP contribution in [0.5, 0.6) is 0 Å². The summed E-state index contributed by atoms with van der Waals surface area (Å²) >= 11 is 0. The summed E-state index contributed by atoms with van der Waals surface area (Å²) in [4.78, 5) is 10.8. The van der Waals surface area contributed by atoms with Crippen LogP contribution in [0, 0.1) is 0 Å². The fourth-order valence-electron chi connectivity index (χ4n) is 13.1. The molecule has 1 spiro atoms. The Morgan fingerprint density at radius 1 is 0.301 bits per heavy atom. The van der Waals surface area contributed by atoms with E-state index in [1.165, 1.54) is 77.2 Å². The molecule has 14 aromatic rings. The van der Waals surface area contributed by atoms with Crippen molar-refractivity contribution >= 4 is 54.4 Å². The van der Waals surface area contributed by atoms with Gasteiger partial charge in [-0.1, -0.05) is 212 Å². The van der Waals surface area contributed by atoms with Gasteiger partial charge in [0.15, 0.2) is 0 Å². The SMILES string of the molecule is c1ccc(-c2nc3ccccc3n2-c2cccc3c(-c4cccc5c4C4(c6ccccc6-c6ccccc64)c4ccc6ccccc6c4-5)c4cccc(-n5c(-c6ccccc6)nc6ccccc65)c4cc23)cc1. The molecule has 12 aromatic carbocycles. The number of aromatic nitrogens is 4. The molecule has 4 nitrogen and oxygen atoms in total. The molecule has 4 heteroatoms. The minimum atomic E-state index is -0.607. The maximum Gasteiger partial charge on any atom is 0.145 e. The van der Waals surface area contributed by atoms with Crippen LogP contribution in [0.4, 0.5) is 0 Å². The number of imidazole rings is 2. The van der Waals surface area contributed by atoms with Gasteiger partial charge in [0.05, 0.1) is 38.9 Å². The van der Waals surface area contributed by atoms with E-state index in [-0.39, 0.29) is 0 Å². The molecule has 2 aliphatic carbocycles. The van der Waals surface area contributed by atoms with Crippen molar-refractivity contribution in [3.8, 4) is 67.5 Å². The largest absolute Gasteiger partial charge is 0.292 e. The molecule has 73 heavy (non-hydrogen) atoms. The molecule has 0 radical (unpaired) electrons. The summed E-state index contributed by atoms with van der Waals surface area (Å²) in [5.74, 6) is 1.80. The van der Waals surface area contributed by atoms with Gasteiger partial charge < -0.3 is 0 Å². The number of fused-ring (bicyclic) bond motifs is 16. The van der Waals surface area contributed by atoms with E-state index in [9.17, 15) is 0 Å². The molecule has 0 saturated carbocycles. The Labute approximate surface area is 421 Å². The first-order chi connectivity index (χ1) is 36.3. The third kappa shape index (κ3) is 5.44. The lowest BCUT2D eigenvalue weighted by Crippen LogP contribution is -2.26. The molecule has 0 amide bonds. The van der Waals surface area contributed by atoms with E-state index < -0.39 is 5.41 Å². The summed E-state index contributed by atoms with van der Waals surface area (Å²) in [7, 11) is 0. The van der Waals surface area contributed by atoms with Crippen LogP contribution >= 0.6 is 0 Å². The van der Waals surface area contributed by atoms with E-state index in [0.29, 0.717) is 0 Å². The fourth-order valence-corrected chi connectivity index (χ4v) is 13.1. The maximum atomic E-state index is 5.38. The Bertz CT molecular complexity index is 4400. The first-order valence-corrected chi connectivity index (χ1v) is 25.2. The van der Waals surface area contributed by atoms with Crippen LogP contribution in [-0.2, 0) is 5.41 Å². The van der Waals surface area contributed by atoms with Crippen molar-refractivity contribution in [2.45, 2.75) is 5.41 Å². The number of hydrogen-bond donors (Lipinski definition) is 0. The normalized spacial score (nSPS) is 13.0. The standard InChI is InChI=1S/C69H42N4/c1-3-21-44(22-4-1)67-70-58-34-13-15-36-62(58)72(67)60-38-18-28-49-53(60)42-54-50(29-19-39-61(54)73-63-37-16-14-35-59(63)71-68(73)45-23-5-2-6-24-45)64(49)51-30-17-31-52-65-46-25-8-7-20-43(46)40-41-57(65)69(66(51)52)55-32-11-9-26-47(55)48-27-10-12-33-56(48)69/h1-42H. The number of para-hydroxylation sites is 4. The number of nitrogens with zero attached hydrogens (tertiary/aromatic N) is 4. The van der Waals surface area contributed by atoms with Crippen molar-refractivity contribution in [2.75, 3.05) is 0 Å². The van der Waals surface area contributed by atoms with Crippen LogP contribution in [0.25, 0.3) is 122 Å². The Morgan fingerprint density at radius 3 is 1.34 bits per heavy atom. The van der Waals surface area contributed by atoms with Crippen LogP contribution in [0.15, 0.2) is 255 Å². The van der Waals surface area contributed by atoms with Crippen LogP contribution in [-0.4, -0.2) is 19.1 Å². The number of hydrogen-bond acceptors (Lipinski definition) is 2. The molecular weight excluding hydrogens is 885 g/mol. The van der Waals surface area contributed by atoms with E-state index >= 15 is 0 Å². The Hall–Kier alpha value is -9.64. The zero-order valence-corrected chi connectivity index (χ0v) is 39.5. The molecule has 2 aromatic heterocycles. The van der Waals surface area contributed by atoms with Crippen molar-refractivity contribution in [1.82, 2.24) is 19.1 Å². The second-order valence-electron chi connectivity index (χ2n) is 19.5. The van der Waals surface area contributed by atoms with Gasteiger partial charge in [0.25, 0.3) is 0 Å². The van der Waals surface area contributed by atoms with Crippen molar-refractivity contribution in [3.05, 3.63) is 277 Å². The van der Waals surface area contributed by atoms with Gasteiger partial charge in [-0.3, -0.25) is 9.13 Å². The van der Waals surface area contributed by atoms with E-state index in [2.05, 4.69) is 264 Å². The van der Waals surface area contributed by atoms with Crippen LogP contribution < -0.4 is 0 Å². The van der Waals surface area contributed by atoms with Gasteiger partial charge in [-0.25, -0.2) is 9.97 Å². The van der Waals surface area contributed by atoms with Gasteiger partial charge in [0.2, 0.25) is 0 Å². The van der Waals surface area contributed by atoms with Crippen molar-refractivity contribution in [3.63, 3.8) is 0 Å². The zero-order valence-electron chi connectivity index (χ0n) is 39.5. The highest BCUT2D eigenvalue weighted by Gasteiger charge is 2.53. The Kier molecular flexibility index (Phi) is 8.35. The maximum absolute atomic E-state index is 5.38. The molecular formula is C69H42N4. The van der Waals surface area contributed by atoms with Crippen LogP contribution in [0.2, 0.25) is 0 Å². The highest BCUT2D eigenvalue weighted by Crippen LogP contribution is 2.66. The van der Waals surface area contributed by atoms with Crippen molar-refractivity contribution in [2.24, 2.45) is 0 Å². The third-order valence-corrected chi connectivity index (χ3v) is 15.9. The number of benzene rings is 12. The molecule has 0 saturated heterocycles. The van der Waals surface area contributed by atoms with Crippen molar-refractivity contribution in [1.29, 1.82) is 0 Å². The average Bonchev–Trinajstić information content (AvgIpc) is 4.24. The summed E-state index contributed by atoms with van der Waals surface area (Å²) in [6.45, 7) is 0. The van der Waals surface area contributed by atoms with Gasteiger partial charge >= 0.3 is 0 Å². The minimum absolute atomic E-state index is 0.607. The van der Waals surface area contributed by atoms with Gasteiger partial charge in [0.1, 0.15) is 11.6 Å². The second kappa shape index (κ2) is 15.2. The molecule has 2 heterocycles. The molecule has 0 atom stereocenters. The predicted molar refractivity (Wildman–Crippen MR) is 301 cm³/mol. The van der Waals surface area contributed by atoms with Gasteiger partial charge in [-0.2, -0.15) is 0 Å². The predicted octanol–water partition coefficient (Wildman–Crippen LogP) is 17.2. The molecule has 0 N–H and O–H groups in total. The Balaban J connectivity index is 1.10. The van der Waals surface area contributed by atoms with E-state index in [1.54, 1.807) is 0 Å². The summed E-state index contributed by atoms with van der Waals surface area (Å²) in [5, 5.41) is 7.10. The molecule has 0 fully saturated rings. The van der Waals surface area contributed by atoms with Gasteiger partial charge in [-0.15, -0.1) is 0 Å². The van der Waals surface area contributed by atoms with Crippen LogP contribution in [0.1, 0.15) is 22.3 Å². The van der Waals surface area contributed by atoms with Crippen LogP contribution in [0.3, 0.4) is 0 Å². The quantitative estimate of drug-likeness (QED) is 0.161. The molecule has 338 valence electrons. The minimum Gasteiger partial charge on any atom is -0.292 e. The second-order valence-corrected chi connectivity index (χ2v) is 19.5. The first-order valence-electron chi connectivity index (χ1n) is 25.2. The lowest BCUT2D eigenvalue weighted by molar-refractivity contribution is 0.796. The lowest BCUT2D eigenvalue weighted by Gasteiger charge is -2.33. The van der Waals surface area contributed by atoms with Gasteiger partial charge in [-0.05, 0) is 120 Å². The molecule has 2 aliphatic rings. The van der Waals surface area contributed by atoms with E-state index in [4.69, 9.17) is 9.97 Å². The molecule has 0 aliphatic heterocycles. The molecule has 16 rings (SSSR count). The summed E-state index contributed by atoms with van der Waals surface area (Å²) in [5.41, 5.74) is 20.5.